The average Bonchev–Trinajstić information content (AvgIpc) is 2.72. The van der Waals surface area contributed by atoms with Gasteiger partial charge in [-0.2, -0.15) is 0 Å². The summed E-state index contributed by atoms with van der Waals surface area (Å²) in [5.41, 5.74) is 8.19. The number of rotatable bonds is 2. The second-order valence-corrected chi connectivity index (χ2v) is 5.52. The number of hydrogen-bond acceptors (Lipinski definition) is 3. The molecule has 0 aliphatic heterocycles. The third-order valence-corrected chi connectivity index (χ3v) is 3.66. The molecule has 0 aliphatic rings. The highest BCUT2D eigenvalue weighted by Gasteiger charge is 2.11. The molecule has 0 aromatic carbocycles. The Kier molecular flexibility index (Phi) is 2.71. The van der Waals surface area contributed by atoms with E-state index in [-0.39, 0.29) is 6.04 Å². The lowest BCUT2D eigenvalue weighted by molar-refractivity contribution is 0.562. The van der Waals surface area contributed by atoms with Gasteiger partial charge in [-0.3, -0.25) is 0 Å². The minimum absolute atomic E-state index is 0.0569. The molecule has 2 aromatic heterocycles. The molecule has 13 heavy (non-hydrogen) atoms. The van der Waals surface area contributed by atoms with Gasteiger partial charge in [-0.25, -0.2) is 0 Å². The molecule has 0 saturated carbocycles. The van der Waals surface area contributed by atoms with E-state index in [1.807, 2.05) is 6.07 Å². The van der Waals surface area contributed by atoms with Crippen LogP contribution in [0.15, 0.2) is 34.5 Å². The van der Waals surface area contributed by atoms with Crippen LogP contribution < -0.4 is 5.73 Å². The molecule has 0 amide bonds. The number of furan rings is 1. The van der Waals surface area contributed by atoms with E-state index >= 15 is 0 Å². The standard InChI is InChI=1S/C9H8INOS/c10-8-3-7(5-13-8)9(11)6-1-2-12-4-6/h1-5,9H,11H2. The van der Waals surface area contributed by atoms with Crippen molar-refractivity contribution >= 4 is 33.9 Å². The summed E-state index contributed by atoms with van der Waals surface area (Å²) in [7, 11) is 0. The zero-order chi connectivity index (χ0) is 9.26. The summed E-state index contributed by atoms with van der Waals surface area (Å²) in [6.45, 7) is 0. The van der Waals surface area contributed by atoms with Gasteiger partial charge < -0.3 is 10.2 Å². The summed E-state index contributed by atoms with van der Waals surface area (Å²) < 4.78 is 6.24. The van der Waals surface area contributed by atoms with Crippen molar-refractivity contribution in [2.24, 2.45) is 5.73 Å². The number of nitrogens with two attached hydrogens (primary N) is 1. The molecular weight excluding hydrogens is 297 g/mol. The fraction of sp³-hybridized carbons (Fsp3) is 0.111. The molecule has 2 rings (SSSR count). The van der Waals surface area contributed by atoms with Crippen LogP contribution in [0.4, 0.5) is 0 Å². The molecule has 1 unspecified atom stereocenters. The Balaban J connectivity index is 2.28. The third kappa shape index (κ3) is 1.95. The van der Waals surface area contributed by atoms with Gasteiger partial charge in [0.15, 0.2) is 0 Å². The molecular formula is C9H8INOS. The molecule has 0 fully saturated rings. The summed E-state index contributed by atoms with van der Waals surface area (Å²) >= 11 is 4.00. The second kappa shape index (κ2) is 3.81. The SMILES string of the molecule is NC(c1ccoc1)c1csc(I)c1. The van der Waals surface area contributed by atoms with Crippen LogP contribution in [0.1, 0.15) is 17.2 Å². The molecule has 0 bridgehead atoms. The Labute approximate surface area is 93.9 Å². The first-order chi connectivity index (χ1) is 6.27. The van der Waals surface area contributed by atoms with Crippen LogP contribution in [0, 0.1) is 2.88 Å². The molecule has 2 heterocycles. The molecule has 4 heteroatoms. The molecule has 68 valence electrons. The monoisotopic (exact) mass is 305 g/mol. The summed E-state index contributed by atoms with van der Waals surface area (Å²) in [4.78, 5) is 0. The van der Waals surface area contributed by atoms with E-state index in [1.165, 1.54) is 2.88 Å². The van der Waals surface area contributed by atoms with Gasteiger partial charge in [-0.05, 0) is 45.7 Å². The van der Waals surface area contributed by atoms with Crippen molar-refractivity contribution in [3.05, 3.63) is 44.0 Å². The van der Waals surface area contributed by atoms with E-state index < -0.39 is 0 Å². The maximum Gasteiger partial charge on any atom is 0.0953 e. The van der Waals surface area contributed by atoms with Crippen LogP contribution in [0.3, 0.4) is 0 Å². The van der Waals surface area contributed by atoms with Crippen LogP contribution in [-0.4, -0.2) is 0 Å². The van der Waals surface area contributed by atoms with E-state index in [0.717, 1.165) is 11.1 Å². The summed E-state index contributed by atoms with van der Waals surface area (Å²) in [6.07, 6.45) is 3.34. The van der Waals surface area contributed by atoms with E-state index in [2.05, 4.69) is 34.0 Å². The first-order valence-corrected chi connectivity index (χ1v) is 5.75. The van der Waals surface area contributed by atoms with Gasteiger partial charge in [0.05, 0.1) is 21.5 Å². The van der Waals surface area contributed by atoms with Crippen molar-refractivity contribution in [2.75, 3.05) is 0 Å². The topological polar surface area (TPSA) is 39.2 Å². The minimum atomic E-state index is -0.0569. The lowest BCUT2D eigenvalue weighted by atomic mass is 10.1. The first-order valence-electron chi connectivity index (χ1n) is 3.79. The molecule has 2 nitrogen and oxygen atoms in total. The minimum Gasteiger partial charge on any atom is -0.472 e. The predicted molar refractivity (Wildman–Crippen MR) is 61.8 cm³/mol. The first kappa shape index (κ1) is 9.23. The van der Waals surface area contributed by atoms with E-state index in [1.54, 1.807) is 23.9 Å². The van der Waals surface area contributed by atoms with Crippen molar-refractivity contribution in [3.8, 4) is 0 Å². The normalized spacial score (nSPS) is 13.1. The van der Waals surface area contributed by atoms with Gasteiger partial charge in [0.25, 0.3) is 0 Å². The molecule has 0 spiro atoms. The highest BCUT2D eigenvalue weighted by Crippen LogP contribution is 2.25. The highest BCUT2D eigenvalue weighted by atomic mass is 127. The second-order valence-electron chi connectivity index (χ2n) is 2.72. The van der Waals surface area contributed by atoms with Gasteiger partial charge >= 0.3 is 0 Å². The van der Waals surface area contributed by atoms with E-state index in [9.17, 15) is 0 Å². The Morgan fingerprint density at radius 3 is 2.85 bits per heavy atom. The Morgan fingerprint density at radius 1 is 1.46 bits per heavy atom. The van der Waals surface area contributed by atoms with E-state index in [0.29, 0.717) is 0 Å². The lowest BCUT2D eigenvalue weighted by Gasteiger charge is -2.05. The van der Waals surface area contributed by atoms with Gasteiger partial charge in [0.1, 0.15) is 0 Å². The molecule has 0 radical (unpaired) electrons. The molecule has 0 saturated heterocycles. The fourth-order valence-electron chi connectivity index (χ4n) is 1.13. The molecule has 0 aliphatic carbocycles. The predicted octanol–water partition coefficient (Wildman–Crippen LogP) is 2.99. The molecule has 1 atom stereocenters. The van der Waals surface area contributed by atoms with Crippen molar-refractivity contribution in [1.82, 2.24) is 0 Å². The maximum atomic E-state index is 6.02. The Bertz CT molecular complexity index is 382. The van der Waals surface area contributed by atoms with Crippen molar-refractivity contribution < 1.29 is 4.42 Å². The van der Waals surface area contributed by atoms with Gasteiger partial charge in [0, 0.05) is 5.56 Å². The van der Waals surface area contributed by atoms with Crippen LogP contribution in [-0.2, 0) is 0 Å². The third-order valence-electron chi connectivity index (χ3n) is 1.85. The fourth-order valence-corrected chi connectivity index (χ4v) is 2.54. The number of halogens is 1. The average molecular weight is 305 g/mol. The summed E-state index contributed by atoms with van der Waals surface area (Å²) in [5, 5.41) is 2.08. The lowest BCUT2D eigenvalue weighted by Crippen LogP contribution is -2.09. The van der Waals surface area contributed by atoms with Crippen LogP contribution in [0.25, 0.3) is 0 Å². The zero-order valence-electron chi connectivity index (χ0n) is 6.74. The molecule has 2 N–H and O–H groups in total. The van der Waals surface area contributed by atoms with Gasteiger partial charge in [0.2, 0.25) is 0 Å². The largest absolute Gasteiger partial charge is 0.472 e. The van der Waals surface area contributed by atoms with Crippen LogP contribution >= 0.6 is 33.9 Å². The maximum absolute atomic E-state index is 6.02. The number of hydrogen-bond donors (Lipinski definition) is 1. The van der Waals surface area contributed by atoms with Gasteiger partial charge in [-0.1, -0.05) is 0 Å². The van der Waals surface area contributed by atoms with Gasteiger partial charge in [-0.15, -0.1) is 11.3 Å². The molecule has 2 aromatic rings. The number of thiophene rings is 1. The van der Waals surface area contributed by atoms with Crippen LogP contribution in [0.5, 0.6) is 0 Å². The summed E-state index contributed by atoms with van der Waals surface area (Å²) in [5.74, 6) is 0. The van der Waals surface area contributed by atoms with Crippen molar-refractivity contribution in [1.29, 1.82) is 0 Å². The smallest absolute Gasteiger partial charge is 0.0953 e. The highest BCUT2D eigenvalue weighted by molar-refractivity contribution is 14.1. The zero-order valence-corrected chi connectivity index (χ0v) is 9.71. The van der Waals surface area contributed by atoms with Crippen molar-refractivity contribution in [3.63, 3.8) is 0 Å². The quantitative estimate of drug-likeness (QED) is 0.866. The van der Waals surface area contributed by atoms with E-state index in [4.69, 9.17) is 10.2 Å². The van der Waals surface area contributed by atoms with Crippen molar-refractivity contribution in [2.45, 2.75) is 6.04 Å². The Hall–Kier alpha value is -0.330. The summed E-state index contributed by atoms with van der Waals surface area (Å²) in [6, 6.07) is 3.94. The Morgan fingerprint density at radius 2 is 2.31 bits per heavy atom. The van der Waals surface area contributed by atoms with Crippen LogP contribution in [0.2, 0.25) is 0 Å².